The lowest BCUT2D eigenvalue weighted by molar-refractivity contribution is -0.137. The van der Waals surface area contributed by atoms with Crippen molar-refractivity contribution < 1.29 is 28.5 Å². The van der Waals surface area contributed by atoms with Crippen LogP contribution in [-0.2, 0) is 9.53 Å². The zero-order valence-electron chi connectivity index (χ0n) is 27.0. The lowest BCUT2D eigenvalue weighted by Gasteiger charge is -2.22. The lowest BCUT2D eigenvalue weighted by atomic mass is 10.1. The van der Waals surface area contributed by atoms with Crippen molar-refractivity contribution in [1.29, 1.82) is 0 Å². The summed E-state index contributed by atoms with van der Waals surface area (Å²) in [5.74, 6) is 2.10. The van der Waals surface area contributed by atoms with Gasteiger partial charge < -0.3 is 23.7 Å². The van der Waals surface area contributed by atoms with Crippen LogP contribution >= 0.6 is 0 Å². The van der Waals surface area contributed by atoms with Crippen molar-refractivity contribution in [2.45, 2.75) is 137 Å². The second-order valence-electron chi connectivity index (χ2n) is 10.7. The molecule has 0 aliphatic rings. The van der Waals surface area contributed by atoms with Gasteiger partial charge in [-0.15, -0.1) is 0 Å². The minimum atomic E-state index is -0.395. The van der Waals surface area contributed by atoms with E-state index in [2.05, 4.69) is 27.7 Å². The van der Waals surface area contributed by atoms with Gasteiger partial charge in [-0.1, -0.05) is 105 Å². The Morgan fingerprint density at radius 2 is 1.00 bits per heavy atom. The SMILES string of the molecule is CCCCCCOc1cc(OCCCCCC)c(OCCCCCC)c(OCCCCCC)c1C=CC(=O)OCC. The summed E-state index contributed by atoms with van der Waals surface area (Å²) in [6, 6.07) is 1.93. The Kier molecular flexibility index (Phi) is 22.7. The molecule has 1 aromatic rings. The summed E-state index contributed by atoms with van der Waals surface area (Å²) in [4.78, 5) is 12.3. The Labute approximate surface area is 251 Å². The van der Waals surface area contributed by atoms with Gasteiger partial charge in [-0.25, -0.2) is 4.79 Å². The van der Waals surface area contributed by atoms with Gasteiger partial charge in [0.05, 0.1) is 38.6 Å². The van der Waals surface area contributed by atoms with E-state index in [-0.39, 0.29) is 0 Å². The number of benzene rings is 1. The maximum absolute atomic E-state index is 12.3. The second-order valence-corrected chi connectivity index (χ2v) is 10.7. The van der Waals surface area contributed by atoms with Crippen molar-refractivity contribution in [1.82, 2.24) is 0 Å². The van der Waals surface area contributed by atoms with E-state index in [0.29, 0.717) is 61.6 Å². The van der Waals surface area contributed by atoms with Crippen LogP contribution in [0.2, 0.25) is 0 Å². The molecule has 0 bridgehead atoms. The van der Waals surface area contributed by atoms with Crippen LogP contribution in [0.3, 0.4) is 0 Å². The molecule has 0 saturated carbocycles. The highest BCUT2D eigenvalue weighted by Gasteiger charge is 2.23. The first-order valence-electron chi connectivity index (χ1n) is 16.7. The van der Waals surface area contributed by atoms with Crippen molar-refractivity contribution in [2.24, 2.45) is 0 Å². The summed E-state index contributed by atoms with van der Waals surface area (Å²) in [7, 11) is 0. The van der Waals surface area contributed by atoms with Gasteiger partial charge in [-0.2, -0.15) is 0 Å². The van der Waals surface area contributed by atoms with E-state index in [0.717, 1.165) is 57.8 Å². The molecule has 0 aliphatic carbocycles. The predicted molar refractivity (Wildman–Crippen MR) is 171 cm³/mol. The summed E-state index contributed by atoms with van der Waals surface area (Å²) < 4.78 is 30.8. The standard InChI is InChI=1S/C35H60O6/c1-6-11-15-19-25-38-31-29-32(39-26-20-16-12-7-2)35(41-28-22-18-14-9-4)34(40-27-21-17-13-8-3)30(31)23-24-33(36)37-10-5/h23-24,29H,6-22,25-28H2,1-5H3. The first kappa shape index (κ1) is 36.7. The number of rotatable bonds is 27. The Morgan fingerprint density at radius 3 is 1.46 bits per heavy atom. The van der Waals surface area contributed by atoms with Crippen molar-refractivity contribution in [2.75, 3.05) is 33.0 Å². The Balaban J connectivity index is 3.46. The quantitative estimate of drug-likeness (QED) is 0.0590. The number of carbonyl (C=O) groups is 1. The van der Waals surface area contributed by atoms with Crippen molar-refractivity contribution >= 4 is 12.0 Å². The number of unbranched alkanes of at least 4 members (excludes halogenated alkanes) is 12. The van der Waals surface area contributed by atoms with E-state index in [9.17, 15) is 4.79 Å². The average Bonchev–Trinajstić information content (AvgIpc) is 2.97. The molecule has 6 heteroatoms. The van der Waals surface area contributed by atoms with Crippen molar-refractivity contribution in [3.05, 3.63) is 17.7 Å². The maximum Gasteiger partial charge on any atom is 0.330 e. The molecule has 0 atom stereocenters. The molecule has 236 valence electrons. The van der Waals surface area contributed by atoms with Crippen LogP contribution in [0.5, 0.6) is 23.0 Å². The summed E-state index contributed by atoms with van der Waals surface area (Å²) in [6.45, 7) is 13.3. The molecule has 0 fully saturated rings. The lowest BCUT2D eigenvalue weighted by Crippen LogP contribution is -2.09. The van der Waals surface area contributed by atoms with E-state index < -0.39 is 5.97 Å². The molecular weight excluding hydrogens is 516 g/mol. The molecular formula is C35H60O6. The smallest absolute Gasteiger partial charge is 0.330 e. The molecule has 6 nitrogen and oxygen atoms in total. The van der Waals surface area contributed by atoms with Crippen LogP contribution in [0.1, 0.15) is 143 Å². The van der Waals surface area contributed by atoms with Gasteiger partial charge in [-0.3, -0.25) is 0 Å². The van der Waals surface area contributed by atoms with Gasteiger partial charge in [-0.05, 0) is 38.7 Å². The van der Waals surface area contributed by atoms with Crippen LogP contribution < -0.4 is 18.9 Å². The van der Waals surface area contributed by atoms with Crippen LogP contribution in [0.4, 0.5) is 0 Å². The van der Waals surface area contributed by atoms with Crippen molar-refractivity contribution in [3.63, 3.8) is 0 Å². The molecule has 0 N–H and O–H groups in total. The van der Waals surface area contributed by atoms with E-state index >= 15 is 0 Å². The molecule has 0 radical (unpaired) electrons. The van der Waals surface area contributed by atoms with Gasteiger partial charge in [0.15, 0.2) is 11.5 Å². The van der Waals surface area contributed by atoms with Gasteiger partial charge >= 0.3 is 5.97 Å². The van der Waals surface area contributed by atoms with E-state index in [1.54, 1.807) is 13.0 Å². The normalized spacial score (nSPS) is 11.1. The molecule has 0 spiro atoms. The largest absolute Gasteiger partial charge is 0.493 e. The van der Waals surface area contributed by atoms with Crippen LogP contribution in [0.25, 0.3) is 6.08 Å². The third-order valence-electron chi connectivity index (χ3n) is 6.87. The molecule has 1 aromatic carbocycles. The number of ether oxygens (including phenoxy) is 5. The van der Waals surface area contributed by atoms with Gasteiger partial charge in [0.1, 0.15) is 5.75 Å². The minimum Gasteiger partial charge on any atom is -0.493 e. The molecule has 0 amide bonds. The highest BCUT2D eigenvalue weighted by Crippen LogP contribution is 2.47. The fraction of sp³-hybridized carbons (Fsp3) is 0.743. The van der Waals surface area contributed by atoms with Crippen molar-refractivity contribution in [3.8, 4) is 23.0 Å². The molecule has 0 heterocycles. The predicted octanol–water partition coefficient (Wildman–Crippen LogP) is 10.1. The zero-order valence-corrected chi connectivity index (χ0v) is 27.0. The van der Waals surface area contributed by atoms with Gasteiger partial charge in [0.25, 0.3) is 0 Å². The molecule has 0 saturated heterocycles. The minimum absolute atomic E-state index is 0.321. The first-order chi connectivity index (χ1) is 20.1. The number of esters is 1. The molecule has 0 aromatic heterocycles. The first-order valence-corrected chi connectivity index (χ1v) is 16.7. The Morgan fingerprint density at radius 1 is 0.561 bits per heavy atom. The van der Waals surface area contributed by atoms with E-state index in [4.69, 9.17) is 23.7 Å². The summed E-state index contributed by atoms with van der Waals surface area (Å²) in [5, 5.41) is 0. The third-order valence-corrected chi connectivity index (χ3v) is 6.87. The third kappa shape index (κ3) is 16.6. The summed E-state index contributed by atoms with van der Waals surface area (Å²) in [5.41, 5.74) is 0.700. The Bertz CT molecular complexity index is 819. The summed E-state index contributed by atoms with van der Waals surface area (Å²) >= 11 is 0. The monoisotopic (exact) mass is 576 g/mol. The van der Waals surface area contributed by atoms with Gasteiger partial charge in [0.2, 0.25) is 5.75 Å². The van der Waals surface area contributed by atoms with Gasteiger partial charge in [0, 0.05) is 12.1 Å². The Hall–Kier alpha value is -2.37. The number of hydrogen-bond acceptors (Lipinski definition) is 6. The molecule has 41 heavy (non-hydrogen) atoms. The second kappa shape index (κ2) is 25.3. The fourth-order valence-electron chi connectivity index (χ4n) is 4.44. The van der Waals surface area contributed by atoms with Crippen LogP contribution in [-0.4, -0.2) is 39.0 Å². The highest BCUT2D eigenvalue weighted by atomic mass is 16.5. The van der Waals surface area contributed by atoms with E-state index in [1.165, 1.54) is 51.0 Å². The topological polar surface area (TPSA) is 63.2 Å². The fourth-order valence-corrected chi connectivity index (χ4v) is 4.44. The number of hydrogen-bond donors (Lipinski definition) is 0. The average molecular weight is 577 g/mol. The summed E-state index contributed by atoms with van der Waals surface area (Å²) in [6.07, 6.45) is 20.9. The maximum atomic E-state index is 12.3. The highest BCUT2D eigenvalue weighted by molar-refractivity contribution is 5.89. The van der Waals surface area contributed by atoms with E-state index in [1.807, 2.05) is 6.07 Å². The van der Waals surface area contributed by atoms with Crippen LogP contribution in [0, 0.1) is 0 Å². The molecule has 1 rings (SSSR count). The molecule has 0 aliphatic heterocycles. The number of carbonyl (C=O) groups excluding carboxylic acids is 1. The van der Waals surface area contributed by atoms with Crippen LogP contribution in [0.15, 0.2) is 12.1 Å². The molecule has 0 unspecified atom stereocenters. The zero-order chi connectivity index (χ0) is 30.0.